The molecule has 0 spiro atoms. The second kappa shape index (κ2) is 5.81. The van der Waals surface area contributed by atoms with Crippen LogP contribution in [0.5, 0.6) is 0 Å². The van der Waals surface area contributed by atoms with Crippen molar-refractivity contribution in [2.75, 3.05) is 5.75 Å². The van der Waals surface area contributed by atoms with Crippen LogP contribution in [-0.4, -0.2) is 5.75 Å². The second-order valence-corrected chi connectivity index (χ2v) is 6.16. The van der Waals surface area contributed by atoms with Crippen molar-refractivity contribution in [3.8, 4) is 0 Å². The minimum Gasteiger partial charge on any atom is -0.305 e. The molecule has 0 aliphatic carbocycles. The molecule has 3 rings (SSSR count). The maximum absolute atomic E-state index is 3.69. The molecule has 98 valence electrons. The highest BCUT2D eigenvalue weighted by Gasteiger charge is 2.19. The zero-order chi connectivity index (χ0) is 13.1. The average molecular weight is 269 g/mol. The molecule has 1 unspecified atom stereocenters. The molecular weight excluding hydrogens is 250 g/mol. The number of aryl methyl sites for hydroxylation is 1. The molecule has 0 bridgehead atoms. The van der Waals surface area contributed by atoms with Crippen LogP contribution in [0.2, 0.25) is 0 Å². The monoisotopic (exact) mass is 269 g/mol. The number of benzene rings is 2. The molecule has 0 saturated heterocycles. The van der Waals surface area contributed by atoms with Crippen LogP contribution in [0.4, 0.5) is 0 Å². The van der Waals surface area contributed by atoms with E-state index in [4.69, 9.17) is 0 Å². The van der Waals surface area contributed by atoms with Crippen molar-refractivity contribution in [3.63, 3.8) is 0 Å². The molecule has 1 atom stereocenters. The lowest BCUT2D eigenvalue weighted by Gasteiger charge is -2.26. The molecule has 0 saturated carbocycles. The topological polar surface area (TPSA) is 12.0 Å². The van der Waals surface area contributed by atoms with Gasteiger partial charge in [0, 0.05) is 24.1 Å². The molecule has 0 radical (unpaired) electrons. The van der Waals surface area contributed by atoms with Gasteiger partial charge in [0.05, 0.1) is 0 Å². The van der Waals surface area contributed by atoms with Crippen molar-refractivity contribution in [2.45, 2.75) is 25.3 Å². The summed E-state index contributed by atoms with van der Waals surface area (Å²) >= 11 is 2.02. The normalized spacial score (nSPS) is 18.1. The Labute approximate surface area is 119 Å². The van der Waals surface area contributed by atoms with Crippen molar-refractivity contribution in [2.24, 2.45) is 0 Å². The average Bonchev–Trinajstić information content (AvgIpc) is 2.47. The fraction of sp³-hybridized carbons (Fsp3) is 0.294. The van der Waals surface area contributed by atoms with Crippen LogP contribution in [0.15, 0.2) is 48.5 Å². The summed E-state index contributed by atoms with van der Waals surface area (Å²) in [7, 11) is 0. The summed E-state index contributed by atoms with van der Waals surface area (Å²) in [5.74, 6) is 2.32. The molecule has 19 heavy (non-hydrogen) atoms. The van der Waals surface area contributed by atoms with E-state index < -0.39 is 0 Å². The third-order valence-electron chi connectivity index (χ3n) is 3.65. The highest BCUT2D eigenvalue weighted by Crippen LogP contribution is 2.31. The van der Waals surface area contributed by atoms with E-state index >= 15 is 0 Å². The lowest BCUT2D eigenvalue weighted by molar-refractivity contribution is 0.575. The van der Waals surface area contributed by atoms with E-state index in [-0.39, 0.29) is 0 Å². The van der Waals surface area contributed by atoms with Crippen molar-refractivity contribution >= 4 is 11.8 Å². The Morgan fingerprint density at radius 1 is 1.11 bits per heavy atom. The lowest BCUT2D eigenvalue weighted by Crippen LogP contribution is -2.26. The molecule has 1 aliphatic heterocycles. The van der Waals surface area contributed by atoms with Gasteiger partial charge in [-0.15, -0.1) is 0 Å². The van der Waals surface area contributed by atoms with Crippen molar-refractivity contribution in [3.05, 3.63) is 70.8 Å². The molecule has 2 aromatic carbocycles. The predicted molar refractivity (Wildman–Crippen MR) is 83.4 cm³/mol. The highest BCUT2D eigenvalue weighted by atomic mass is 32.2. The third-order valence-corrected chi connectivity index (χ3v) is 4.73. The number of rotatable bonds is 3. The first kappa shape index (κ1) is 12.8. The van der Waals surface area contributed by atoms with Crippen LogP contribution in [-0.2, 0) is 12.3 Å². The number of fused-ring (bicyclic) bond motifs is 1. The summed E-state index contributed by atoms with van der Waals surface area (Å²) in [5.41, 5.74) is 5.65. The molecular formula is C17H19NS. The van der Waals surface area contributed by atoms with Gasteiger partial charge in [-0.25, -0.2) is 0 Å². The van der Waals surface area contributed by atoms with Gasteiger partial charge in [-0.3, -0.25) is 0 Å². The van der Waals surface area contributed by atoms with Crippen LogP contribution in [0.1, 0.15) is 28.3 Å². The molecule has 1 heterocycles. The Hall–Kier alpha value is -1.25. The zero-order valence-electron chi connectivity index (χ0n) is 11.2. The molecule has 0 fully saturated rings. The van der Waals surface area contributed by atoms with Crippen LogP contribution < -0.4 is 5.32 Å². The third kappa shape index (κ3) is 3.02. The molecule has 0 aromatic heterocycles. The summed E-state index contributed by atoms with van der Waals surface area (Å²) in [5, 5.41) is 3.69. The summed E-state index contributed by atoms with van der Waals surface area (Å²) in [4.78, 5) is 0. The Bertz CT molecular complexity index is 547. The summed E-state index contributed by atoms with van der Waals surface area (Å²) in [6.07, 6.45) is 0. The SMILES string of the molecule is Cc1ccc(CNC2CSCc3ccccc32)cc1. The second-order valence-electron chi connectivity index (χ2n) is 5.13. The molecule has 2 aromatic rings. The number of thioether (sulfide) groups is 1. The van der Waals surface area contributed by atoms with E-state index in [2.05, 4.69) is 60.8 Å². The predicted octanol–water partition coefficient (Wildman–Crippen LogP) is 4.07. The molecule has 0 amide bonds. The van der Waals surface area contributed by atoms with Crippen molar-refractivity contribution in [1.82, 2.24) is 5.32 Å². The fourth-order valence-corrected chi connectivity index (χ4v) is 3.63. The Morgan fingerprint density at radius 3 is 2.74 bits per heavy atom. The summed E-state index contributed by atoms with van der Waals surface area (Å²) < 4.78 is 0. The minimum atomic E-state index is 0.483. The van der Waals surface area contributed by atoms with Gasteiger partial charge >= 0.3 is 0 Å². The van der Waals surface area contributed by atoms with Gasteiger partial charge in [0.25, 0.3) is 0 Å². The number of nitrogens with one attached hydrogen (secondary N) is 1. The van der Waals surface area contributed by atoms with E-state index in [0.29, 0.717) is 6.04 Å². The smallest absolute Gasteiger partial charge is 0.0417 e. The van der Waals surface area contributed by atoms with Gasteiger partial charge in [0.1, 0.15) is 0 Å². The van der Waals surface area contributed by atoms with Gasteiger partial charge in [-0.1, -0.05) is 54.1 Å². The van der Waals surface area contributed by atoms with Crippen molar-refractivity contribution < 1.29 is 0 Å². The number of hydrogen-bond donors (Lipinski definition) is 1. The van der Waals surface area contributed by atoms with Crippen LogP contribution >= 0.6 is 11.8 Å². The van der Waals surface area contributed by atoms with E-state index in [0.717, 1.165) is 12.3 Å². The highest BCUT2D eigenvalue weighted by molar-refractivity contribution is 7.98. The maximum atomic E-state index is 3.69. The van der Waals surface area contributed by atoms with Gasteiger partial charge < -0.3 is 5.32 Å². The van der Waals surface area contributed by atoms with Gasteiger partial charge in [-0.2, -0.15) is 11.8 Å². The summed E-state index contributed by atoms with van der Waals surface area (Å²) in [6, 6.07) is 18.1. The van der Waals surface area contributed by atoms with Gasteiger partial charge in [0.15, 0.2) is 0 Å². The summed E-state index contributed by atoms with van der Waals surface area (Å²) in [6.45, 7) is 3.07. The largest absolute Gasteiger partial charge is 0.305 e. The quantitative estimate of drug-likeness (QED) is 0.901. The van der Waals surface area contributed by atoms with E-state index in [1.165, 1.54) is 28.0 Å². The van der Waals surface area contributed by atoms with Crippen LogP contribution in [0.3, 0.4) is 0 Å². The first-order valence-electron chi connectivity index (χ1n) is 6.77. The molecule has 1 nitrogen and oxygen atoms in total. The van der Waals surface area contributed by atoms with Crippen LogP contribution in [0.25, 0.3) is 0 Å². The first-order chi connectivity index (χ1) is 9.33. The van der Waals surface area contributed by atoms with Crippen molar-refractivity contribution in [1.29, 1.82) is 0 Å². The van der Waals surface area contributed by atoms with E-state index in [9.17, 15) is 0 Å². The molecule has 1 N–H and O–H groups in total. The maximum Gasteiger partial charge on any atom is 0.0417 e. The molecule has 1 aliphatic rings. The lowest BCUT2D eigenvalue weighted by atomic mass is 10.0. The fourth-order valence-electron chi connectivity index (χ4n) is 2.50. The Kier molecular flexibility index (Phi) is 3.90. The van der Waals surface area contributed by atoms with Gasteiger partial charge in [0.2, 0.25) is 0 Å². The minimum absolute atomic E-state index is 0.483. The van der Waals surface area contributed by atoms with E-state index in [1.54, 1.807) is 0 Å². The first-order valence-corrected chi connectivity index (χ1v) is 7.93. The van der Waals surface area contributed by atoms with Crippen LogP contribution in [0, 0.1) is 6.92 Å². The Morgan fingerprint density at radius 2 is 1.89 bits per heavy atom. The Balaban J connectivity index is 1.69. The number of hydrogen-bond acceptors (Lipinski definition) is 2. The molecule has 2 heteroatoms. The van der Waals surface area contributed by atoms with E-state index in [1.807, 2.05) is 11.8 Å². The van der Waals surface area contributed by atoms with Gasteiger partial charge in [-0.05, 0) is 23.6 Å². The standard InChI is InChI=1S/C17H19NS/c1-13-6-8-14(9-7-13)10-18-17-12-19-11-15-4-2-3-5-16(15)17/h2-9,17-18H,10-12H2,1H3. The zero-order valence-corrected chi connectivity index (χ0v) is 12.0.